The fourth-order valence-corrected chi connectivity index (χ4v) is 3.55. The van der Waals surface area contributed by atoms with Gasteiger partial charge in [0.15, 0.2) is 0 Å². The van der Waals surface area contributed by atoms with Gasteiger partial charge in [-0.2, -0.15) is 0 Å². The monoisotopic (exact) mass is 398 g/mol. The van der Waals surface area contributed by atoms with Crippen LogP contribution in [0.5, 0.6) is 5.75 Å². The Balaban J connectivity index is 1.78. The van der Waals surface area contributed by atoms with Crippen molar-refractivity contribution >= 4 is 23.3 Å². The topological polar surface area (TPSA) is 99.1 Å². The highest BCUT2D eigenvalue weighted by Gasteiger charge is 2.33. The van der Waals surface area contributed by atoms with E-state index in [1.54, 1.807) is 7.11 Å². The van der Waals surface area contributed by atoms with Crippen LogP contribution in [0.15, 0.2) is 48.5 Å². The number of fused-ring (bicyclic) bond motifs is 1. The smallest absolute Gasteiger partial charge is 0.303 e. The van der Waals surface area contributed by atoms with E-state index >= 15 is 0 Å². The average Bonchev–Trinajstić information content (AvgIpc) is 2.72. The van der Waals surface area contributed by atoms with Gasteiger partial charge in [-0.3, -0.25) is 9.59 Å². The van der Waals surface area contributed by atoms with Gasteiger partial charge in [0, 0.05) is 13.0 Å². The van der Waals surface area contributed by atoms with Crippen molar-refractivity contribution in [1.29, 1.82) is 0 Å². The van der Waals surface area contributed by atoms with Crippen LogP contribution in [0.4, 0.5) is 11.4 Å². The van der Waals surface area contributed by atoms with Crippen molar-refractivity contribution in [3.05, 3.63) is 54.1 Å². The number of carboxylic acids is 1. The number of para-hydroxylation sites is 2. The van der Waals surface area contributed by atoms with E-state index in [2.05, 4.69) is 5.32 Å². The van der Waals surface area contributed by atoms with Crippen molar-refractivity contribution in [2.75, 3.05) is 17.3 Å². The molecule has 0 fully saturated rings. The molecule has 7 heteroatoms. The predicted octanol–water partition coefficient (Wildman–Crippen LogP) is 3.03. The quantitative estimate of drug-likeness (QED) is 0.601. The number of nitrogens with one attached hydrogen (secondary N) is 1. The van der Waals surface area contributed by atoms with Gasteiger partial charge in [-0.1, -0.05) is 24.3 Å². The molecule has 0 saturated carbocycles. The van der Waals surface area contributed by atoms with Crippen molar-refractivity contribution in [1.82, 2.24) is 0 Å². The third kappa shape index (κ3) is 5.26. The molecule has 2 unspecified atom stereocenters. The minimum atomic E-state index is -0.936. The Hall–Kier alpha value is -3.06. The van der Waals surface area contributed by atoms with E-state index in [9.17, 15) is 14.7 Å². The number of aliphatic hydroxyl groups excluding tert-OH is 1. The SMILES string of the molecule is COc1ccc(CN2c3ccccc3NC(=O)C2CCC(O)CCC(=O)O)cc1. The molecule has 0 spiro atoms. The molecule has 0 radical (unpaired) electrons. The zero-order valence-corrected chi connectivity index (χ0v) is 16.4. The zero-order valence-electron chi connectivity index (χ0n) is 16.4. The molecule has 0 aromatic heterocycles. The lowest BCUT2D eigenvalue weighted by Gasteiger charge is -2.38. The zero-order chi connectivity index (χ0) is 20.8. The molecule has 2 aromatic rings. The first-order chi connectivity index (χ1) is 14.0. The van der Waals surface area contributed by atoms with Crippen LogP contribution in [0.3, 0.4) is 0 Å². The summed E-state index contributed by atoms with van der Waals surface area (Å²) in [6.07, 6.45) is 0.123. The van der Waals surface area contributed by atoms with Crippen LogP contribution in [0.1, 0.15) is 31.2 Å². The van der Waals surface area contributed by atoms with Crippen LogP contribution in [0, 0.1) is 0 Å². The molecule has 3 rings (SSSR count). The van der Waals surface area contributed by atoms with Crippen molar-refractivity contribution in [3.63, 3.8) is 0 Å². The maximum absolute atomic E-state index is 12.8. The van der Waals surface area contributed by atoms with E-state index in [0.29, 0.717) is 19.4 Å². The fourth-order valence-electron chi connectivity index (χ4n) is 3.55. The highest BCUT2D eigenvalue weighted by atomic mass is 16.5. The normalized spacial score (nSPS) is 16.7. The van der Waals surface area contributed by atoms with Crippen molar-refractivity contribution < 1.29 is 24.5 Å². The third-order valence-electron chi connectivity index (χ3n) is 5.13. The Labute approximate surface area is 169 Å². The summed E-state index contributed by atoms with van der Waals surface area (Å²) in [7, 11) is 1.62. The molecule has 1 heterocycles. The van der Waals surface area contributed by atoms with Gasteiger partial charge in [-0.25, -0.2) is 0 Å². The number of carboxylic acid groups (broad SMARTS) is 1. The van der Waals surface area contributed by atoms with Gasteiger partial charge in [0.25, 0.3) is 0 Å². The molecule has 29 heavy (non-hydrogen) atoms. The van der Waals surface area contributed by atoms with Crippen LogP contribution in [-0.4, -0.2) is 41.3 Å². The number of nitrogens with zero attached hydrogens (tertiary/aromatic N) is 1. The summed E-state index contributed by atoms with van der Waals surface area (Å²) in [4.78, 5) is 25.5. The van der Waals surface area contributed by atoms with Gasteiger partial charge < -0.3 is 25.2 Å². The molecule has 154 valence electrons. The van der Waals surface area contributed by atoms with E-state index in [-0.39, 0.29) is 18.7 Å². The van der Waals surface area contributed by atoms with E-state index in [1.165, 1.54) is 0 Å². The number of rotatable bonds is 9. The summed E-state index contributed by atoms with van der Waals surface area (Å²) >= 11 is 0. The Kier molecular flexibility index (Phi) is 6.72. The van der Waals surface area contributed by atoms with E-state index in [4.69, 9.17) is 9.84 Å². The maximum atomic E-state index is 12.8. The molecular formula is C22H26N2O5. The van der Waals surface area contributed by atoms with Gasteiger partial charge in [0.1, 0.15) is 11.8 Å². The van der Waals surface area contributed by atoms with Crippen molar-refractivity contribution in [2.45, 2.75) is 44.4 Å². The number of aliphatic carboxylic acids is 1. The van der Waals surface area contributed by atoms with Crippen LogP contribution < -0.4 is 15.0 Å². The Morgan fingerprint density at radius 2 is 1.90 bits per heavy atom. The van der Waals surface area contributed by atoms with E-state index in [0.717, 1.165) is 22.7 Å². The van der Waals surface area contributed by atoms with E-state index in [1.807, 2.05) is 53.4 Å². The second-order valence-corrected chi connectivity index (χ2v) is 7.16. The summed E-state index contributed by atoms with van der Waals surface area (Å²) in [5.74, 6) is -0.291. The Morgan fingerprint density at radius 1 is 1.17 bits per heavy atom. The number of hydrogen-bond acceptors (Lipinski definition) is 5. The molecule has 0 saturated heterocycles. The largest absolute Gasteiger partial charge is 0.497 e. The maximum Gasteiger partial charge on any atom is 0.303 e. The highest BCUT2D eigenvalue weighted by molar-refractivity contribution is 6.03. The molecule has 0 aliphatic carbocycles. The Morgan fingerprint density at radius 3 is 2.59 bits per heavy atom. The average molecular weight is 398 g/mol. The number of carbonyl (C=O) groups is 2. The first-order valence-corrected chi connectivity index (χ1v) is 9.67. The lowest BCUT2D eigenvalue weighted by Crippen LogP contribution is -2.48. The minimum absolute atomic E-state index is 0.0869. The third-order valence-corrected chi connectivity index (χ3v) is 5.13. The number of amides is 1. The van der Waals surface area contributed by atoms with Crippen molar-refractivity contribution in [3.8, 4) is 5.75 Å². The van der Waals surface area contributed by atoms with E-state index < -0.39 is 18.1 Å². The van der Waals surface area contributed by atoms with Gasteiger partial charge in [-0.15, -0.1) is 0 Å². The molecular weight excluding hydrogens is 372 g/mol. The summed E-state index contributed by atoms with van der Waals surface area (Å²) in [6, 6.07) is 14.9. The molecule has 1 aliphatic heterocycles. The first kappa shape index (κ1) is 20.7. The fraction of sp³-hybridized carbons (Fsp3) is 0.364. The number of hydrogen-bond donors (Lipinski definition) is 3. The number of benzene rings is 2. The van der Waals surface area contributed by atoms with Gasteiger partial charge >= 0.3 is 5.97 Å². The van der Waals surface area contributed by atoms with Crippen LogP contribution in [0.25, 0.3) is 0 Å². The van der Waals surface area contributed by atoms with Crippen molar-refractivity contribution in [2.24, 2.45) is 0 Å². The number of ether oxygens (including phenoxy) is 1. The predicted molar refractivity (Wildman–Crippen MR) is 110 cm³/mol. The number of anilines is 2. The second kappa shape index (κ2) is 9.43. The molecule has 2 aromatic carbocycles. The van der Waals surface area contributed by atoms with Gasteiger partial charge in [-0.05, 0) is 49.1 Å². The van der Waals surface area contributed by atoms with Crippen LogP contribution >= 0.6 is 0 Å². The van der Waals surface area contributed by atoms with Crippen LogP contribution in [-0.2, 0) is 16.1 Å². The molecule has 3 N–H and O–H groups in total. The highest BCUT2D eigenvalue weighted by Crippen LogP contribution is 2.34. The lowest BCUT2D eigenvalue weighted by atomic mass is 9.99. The lowest BCUT2D eigenvalue weighted by molar-refractivity contribution is -0.137. The summed E-state index contributed by atoms with van der Waals surface area (Å²) in [6.45, 7) is 0.532. The molecule has 1 aliphatic rings. The summed E-state index contributed by atoms with van der Waals surface area (Å²) in [5.41, 5.74) is 2.72. The summed E-state index contributed by atoms with van der Waals surface area (Å²) in [5, 5.41) is 21.8. The molecule has 2 atom stereocenters. The standard InChI is InChI=1S/C22H26N2O5/c1-29-17-10-6-15(7-11-17)14-24-19-5-3-2-4-18(19)23-22(28)20(24)12-8-16(25)9-13-21(26)27/h2-7,10-11,16,20,25H,8-9,12-14H2,1H3,(H,23,28)(H,26,27). The van der Waals surface area contributed by atoms with Crippen LogP contribution in [0.2, 0.25) is 0 Å². The summed E-state index contributed by atoms with van der Waals surface area (Å²) < 4.78 is 5.21. The number of methoxy groups -OCH3 is 1. The first-order valence-electron chi connectivity index (χ1n) is 9.67. The number of carbonyl (C=O) groups excluding carboxylic acids is 1. The van der Waals surface area contributed by atoms with Gasteiger partial charge in [0.05, 0.1) is 24.6 Å². The molecule has 0 bridgehead atoms. The molecule has 1 amide bonds. The minimum Gasteiger partial charge on any atom is -0.497 e. The second-order valence-electron chi connectivity index (χ2n) is 7.16. The Bertz CT molecular complexity index is 853. The number of aliphatic hydroxyl groups is 1. The van der Waals surface area contributed by atoms with Gasteiger partial charge in [0.2, 0.25) is 5.91 Å². The molecule has 7 nitrogen and oxygen atoms in total.